The number of benzene rings is 4. The van der Waals surface area contributed by atoms with Gasteiger partial charge in [-0.2, -0.15) is 0 Å². The SMILES string of the molecule is c1ccc(P(c2ccccc2)N([C@H]2CCCC[C@@H]2C2CCCCC2)P(c2ccccc2)c2ccccc2)cc1. The lowest BCUT2D eigenvalue weighted by molar-refractivity contribution is 0.139. The van der Waals surface area contributed by atoms with Crippen LogP contribution in [0.2, 0.25) is 0 Å². The van der Waals surface area contributed by atoms with E-state index in [2.05, 4.69) is 126 Å². The maximum atomic E-state index is 3.11. The van der Waals surface area contributed by atoms with E-state index in [0.717, 1.165) is 11.8 Å². The number of hydrogen-bond acceptors (Lipinski definition) is 1. The third kappa shape index (κ3) is 6.23. The lowest BCUT2D eigenvalue weighted by Gasteiger charge is -2.50. The summed E-state index contributed by atoms with van der Waals surface area (Å²) in [5.41, 5.74) is 0. The molecular weight excluding hydrogens is 508 g/mol. The Balaban J connectivity index is 1.57. The zero-order valence-electron chi connectivity index (χ0n) is 23.0. The Labute approximate surface area is 238 Å². The first kappa shape index (κ1) is 26.9. The minimum Gasteiger partial charge on any atom is -0.241 e. The predicted molar refractivity (Wildman–Crippen MR) is 172 cm³/mol. The summed E-state index contributed by atoms with van der Waals surface area (Å²) in [7, 11) is -1.42. The van der Waals surface area contributed by atoms with Gasteiger partial charge in [0.2, 0.25) is 0 Å². The highest BCUT2D eigenvalue weighted by molar-refractivity contribution is 7.84. The van der Waals surface area contributed by atoms with Crippen molar-refractivity contribution in [3.63, 3.8) is 0 Å². The molecule has 1 nitrogen and oxygen atoms in total. The van der Waals surface area contributed by atoms with Gasteiger partial charge in [-0.15, -0.1) is 0 Å². The summed E-state index contributed by atoms with van der Waals surface area (Å²) in [4.78, 5) is 0. The minimum atomic E-state index is -0.709. The molecule has 0 spiro atoms. The molecule has 4 aromatic rings. The fourth-order valence-electron chi connectivity index (χ4n) is 6.97. The summed E-state index contributed by atoms with van der Waals surface area (Å²) in [5.74, 6) is 1.66. The molecule has 0 amide bonds. The van der Waals surface area contributed by atoms with Crippen molar-refractivity contribution in [3.05, 3.63) is 121 Å². The van der Waals surface area contributed by atoms with Crippen molar-refractivity contribution in [2.24, 2.45) is 11.8 Å². The van der Waals surface area contributed by atoms with Gasteiger partial charge in [-0.25, -0.2) is 4.44 Å². The average molecular weight is 550 g/mol. The van der Waals surface area contributed by atoms with Gasteiger partial charge >= 0.3 is 0 Å². The van der Waals surface area contributed by atoms with E-state index in [9.17, 15) is 0 Å². The molecule has 0 aromatic heterocycles. The molecule has 0 heterocycles. The van der Waals surface area contributed by atoms with Gasteiger partial charge in [0.15, 0.2) is 0 Å². The molecule has 0 unspecified atom stereocenters. The summed E-state index contributed by atoms with van der Waals surface area (Å²) in [6.45, 7) is 0. The molecule has 4 aromatic carbocycles. The van der Waals surface area contributed by atoms with E-state index < -0.39 is 16.1 Å². The zero-order valence-corrected chi connectivity index (χ0v) is 24.8. The lowest BCUT2D eigenvalue weighted by atomic mass is 9.71. The maximum Gasteiger partial charge on any atom is 0.0325 e. The molecule has 3 heteroatoms. The van der Waals surface area contributed by atoms with Crippen molar-refractivity contribution in [1.29, 1.82) is 0 Å². The van der Waals surface area contributed by atoms with Gasteiger partial charge in [0.05, 0.1) is 0 Å². The van der Waals surface area contributed by atoms with Crippen molar-refractivity contribution in [2.75, 3.05) is 0 Å². The number of rotatable bonds is 8. The van der Waals surface area contributed by atoms with Crippen LogP contribution in [0, 0.1) is 11.8 Å². The summed E-state index contributed by atoms with van der Waals surface area (Å²) in [5, 5.41) is 5.91. The van der Waals surface area contributed by atoms with Gasteiger partial charge in [0.1, 0.15) is 0 Å². The first-order chi connectivity index (χ1) is 19.4. The van der Waals surface area contributed by atoms with Crippen LogP contribution >= 0.6 is 16.1 Å². The highest BCUT2D eigenvalue weighted by atomic mass is 31.2. The second-order valence-electron chi connectivity index (χ2n) is 11.2. The second-order valence-corrected chi connectivity index (χ2v) is 15.7. The summed E-state index contributed by atoms with van der Waals surface area (Å²) in [6, 6.07) is 46.5. The van der Waals surface area contributed by atoms with E-state index in [-0.39, 0.29) is 0 Å². The Morgan fingerprint density at radius 1 is 0.410 bits per heavy atom. The van der Waals surface area contributed by atoms with Crippen LogP contribution in [0.1, 0.15) is 57.8 Å². The molecule has 200 valence electrons. The van der Waals surface area contributed by atoms with Crippen molar-refractivity contribution in [3.8, 4) is 0 Å². The Morgan fingerprint density at radius 3 is 1.18 bits per heavy atom. The van der Waals surface area contributed by atoms with Gasteiger partial charge < -0.3 is 0 Å². The van der Waals surface area contributed by atoms with Gasteiger partial charge in [-0.1, -0.05) is 166 Å². The second kappa shape index (κ2) is 13.4. The van der Waals surface area contributed by atoms with Gasteiger partial charge in [0, 0.05) is 22.2 Å². The van der Waals surface area contributed by atoms with E-state index >= 15 is 0 Å². The molecule has 6 rings (SSSR count). The number of nitrogens with zero attached hydrogens (tertiary/aromatic N) is 1. The predicted octanol–water partition coefficient (Wildman–Crippen LogP) is 8.52. The fourth-order valence-corrected chi connectivity index (χ4v) is 13.5. The highest BCUT2D eigenvalue weighted by Crippen LogP contribution is 2.59. The van der Waals surface area contributed by atoms with Crippen molar-refractivity contribution < 1.29 is 0 Å². The third-order valence-corrected chi connectivity index (χ3v) is 14.4. The monoisotopic (exact) mass is 549 g/mol. The Bertz CT molecular complexity index is 1100. The van der Waals surface area contributed by atoms with Crippen LogP contribution in [0.25, 0.3) is 0 Å². The highest BCUT2D eigenvalue weighted by Gasteiger charge is 2.43. The average Bonchev–Trinajstić information content (AvgIpc) is 3.03. The van der Waals surface area contributed by atoms with Crippen molar-refractivity contribution >= 4 is 37.4 Å². The number of hydrogen-bond donors (Lipinski definition) is 0. The topological polar surface area (TPSA) is 3.24 Å². The van der Waals surface area contributed by atoms with E-state index in [4.69, 9.17) is 0 Å². The summed E-state index contributed by atoms with van der Waals surface area (Å²) in [6.07, 6.45) is 12.6. The minimum absolute atomic E-state index is 0.597. The summed E-state index contributed by atoms with van der Waals surface area (Å²) >= 11 is 0. The first-order valence-electron chi connectivity index (χ1n) is 15.0. The molecule has 2 saturated carbocycles. The molecular formula is C36H41NP2. The Kier molecular flexibility index (Phi) is 9.22. The van der Waals surface area contributed by atoms with Crippen LogP contribution in [0.3, 0.4) is 0 Å². The molecule has 39 heavy (non-hydrogen) atoms. The molecule has 2 atom stereocenters. The Hall–Kier alpha value is -2.30. The molecule has 2 aliphatic carbocycles. The van der Waals surface area contributed by atoms with Gasteiger partial charge in [-0.05, 0) is 45.9 Å². The molecule has 0 saturated heterocycles. The van der Waals surface area contributed by atoms with Crippen molar-refractivity contribution in [2.45, 2.75) is 63.8 Å². The molecule has 0 radical (unpaired) electrons. The van der Waals surface area contributed by atoms with Crippen LogP contribution in [0.15, 0.2) is 121 Å². The molecule has 0 bridgehead atoms. The smallest absolute Gasteiger partial charge is 0.0325 e. The van der Waals surface area contributed by atoms with Gasteiger partial charge in [-0.3, -0.25) is 0 Å². The van der Waals surface area contributed by atoms with E-state index in [1.807, 2.05) is 0 Å². The van der Waals surface area contributed by atoms with Crippen LogP contribution in [-0.4, -0.2) is 10.5 Å². The van der Waals surface area contributed by atoms with Crippen molar-refractivity contribution in [1.82, 2.24) is 4.44 Å². The first-order valence-corrected chi connectivity index (χ1v) is 17.6. The van der Waals surface area contributed by atoms with Crippen LogP contribution in [0.5, 0.6) is 0 Å². The molecule has 0 N–H and O–H groups in total. The quantitative estimate of drug-likeness (QED) is 0.199. The van der Waals surface area contributed by atoms with E-state index in [0.29, 0.717) is 6.04 Å². The zero-order chi connectivity index (χ0) is 26.3. The largest absolute Gasteiger partial charge is 0.241 e. The van der Waals surface area contributed by atoms with E-state index in [1.54, 1.807) is 0 Å². The maximum absolute atomic E-state index is 3.11. The molecule has 2 aliphatic rings. The molecule has 2 fully saturated rings. The fraction of sp³-hybridized carbons (Fsp3) is 0.333. The van der Waals surface area contributed by atoms with Gasteiger partial charge in [0.25, 0.3) is 0 Å². The Morgan fingerprint density at radius 2 is 0.769 bits per heavy atom. The summed E-state index contributed by atoms with van der Waals surface area (Å²) < 4.78 is 3.11. The van der Waals surface area contributed by atoms with E-state index in [1.165, 1.54) is 79.0 Å². The standard InChI is InChI=1S/C36H41NP2/c1-6-18-30(19-7-1)35-28-16-17-29-36(35)37(38(31-20-8-2-9-21-31)32-22-10-3-11-23-32)39(33-24-12-4-13-25-33)34-26-14-5-15-27-34/h2-5,8-15,20-27,30,35-36H,1,6-7,16-19,28-29H2/t35-,36+/m1/s1. The normalized spacial score (nSPS) is 20.5. The van der Waals surface area contributed by atoms with Crippen LogP contribution in [-0.2, 0) is 0 Å². The van der Waals surface area contributed by atoms with Crippen LogP contribution in [0.4, 0.5) is 0 Å². The third-order valence-electron chi connectivity index (χ3n) is 8.75. The molecule has 0 aliphatic heterocycles. The lowest BCUT2D eigenvalue weighted by Crippen LogP contribution is -2.46. The van der Waals surface area contributed by atoms with Crippen LogP contribution < -0.4 is 21.2 Å².